The molecule has 2 amide bonds. The summed E-state index contributed by atoms with van der Waals surface area (Å²) >= 11 is 0. The molecule has 9 nitrogen and oxygen atoms in total. The predicted octanol–water partition coefficient (Wildman–Crippen LogP) is 2.77. The van der Waals surface area contributed by atoms with Gasteiger partial charge >= 0.3 is 5.69 Å². The van der Waals surface area contributed by atoms with Gasteiger partial charge in [0.15, 0.2) is 5.69 Å². The zero-order valence-electron chi connectivity index (χ0n) is 18.7. The molecule has 0 atom stereocenters. The summed E-state index contributed by atoms with van der Waals surface area (Å²) in [6.45, 7) is 2.25. The van der Waals surface area contributed by atoms with E-state index in [1.807, 2.05) is 13.0 Å². The number of nitrogens with one attached hydrogen (secondary N) is 3. The lowest BCUT2D eigenvalue weighted by atomic mass is 10.0. The average Bonchev–Trinajstić information content (AvgIpc) is 2.86. The zero-order valence-corrected chi connectivity index (χ0v) is 18.7. The molecule has 0 fully saturated rings. The van der Waals surface area contributed by atoms with E-state index in [4.69, 9.17) is 0 Å². The SMILES string of the molecule is CCCn1c(=O)[nH]c2cc(-c3cccc(C(=O)Nc4cccnc4C(=O)NC)c3)ccc2c1=O. The van der Waals surface area contributed by atoms with Crippen molar-refractivity contribution in [1.82, 2.24) is 19.9 Å². The number of anilines is 1. The molecule has 2 heterocycles. The molecule has 4 rings (SSSR count). The Hall–Kier alpha value is -4.53. The third kappa shape index (κ3) is 4.36. The molecule has 0 spiro atoms. The minimum atomic E-state index is -0.451. The first-order chi connectivity index (χ1) is 16.4. The Morgan fingerprint density at radius 3 is 2.56 bits per heavy atom. The molecule has 0 bridgehead atoms. The van der Waals surface area contributed by atoms with Crippen LogP contribution < -0.4 is 21.9 Å². The van der Waals surface area contributed by atoms with E-state index < -0.39 is 17.5 Å². The molecule has 2 aromatic carbocycles. The summed E-state index contributed by atoms with van der Waals surface area (Å²) in [6, 6.07) is 15.3. The molecule has 0 unspecified atom stereocenters. The number of hydrogen-bond acceptors (Lipinski definition) is 5. The van der Waals surface area contributed by atoms with Crippen LogP contribution in [0.3, 0.4) is 0 Å². The Bertz CT molecular complexity index is 1520. The van der Waals surface area contributed by atoms with Gasteiger partial charge in [-0.1, -0.05) is 25.1 Å². The minimum absolute atomic E-state index is 0.113. The maximum absolute atomic E-state index is 12.9. The number of pyridine rings is 1. The number of aromatic amines is 1. The summed E-state index contributed by atoms with van der Waals surface area (Å²) < 4.78 is 1.19. The summed E-state index contributed by atoms with van der Waals surface area (Å²) in [4.78, 5) is 56.7. The smallest absolute Gasteiger partial charge is 0.328 e. The highest BCUT2D eigenvalue weighted by Gasteiger charge is 2.15. The first-order valence-electron chi connectivity index (χ1n) is 10.8. The second-order valence-corrected chi connectivity index (χ2v) is 7.66. The number of nitrogens with zero attached hydrogens (tertiary/aromatic N) is 2. The topological polar surface area (TPSA) is 126 Å². The van der Waals surface area contributed by atoms with Crippen LogP contribution in [0.1, 0.15) is 34.2 Å². The van der Waals surface area contributed by atoms with Gasteiger partial charge in [-0.05, 0) is 53.9 Å². The second kappa shape index (κ2) is 9.53. The molecule has 0 radical (unpaired) electrons. The maximum atomic E-state index is 12.9. The van der Waals surface area contributed by atoms with Gasteiger partial charge in [0.2, 0.25) is 0 Å². The van der Waals surface area contributed by atoms with Gasteiger partial charge < -0.3 is 15.6 Å². The van der Waals surface area contributed by atoms with Crippen molar-refractivity contribution in [3.63, 3.8) is 0 Å². The van der Waals surface area contributed by atoms with Crippen LogP contribution in [-0.4, -0.2) is 33.4 Å². The quantitative estimate of drug-likeness (QED) is 0.410. The molecule has 0 aliphatic carbocycles. The largest absolute Gasteiger partial charge is 0.354 e. The van der Waals surface area contributed by atoms with Gasteiger partial charge in [-0.2, -0.15) is 0 Å². The van der Waals surface area contributed by atoms with Crippen molar-refractivity contribution in [3.8, 4) is 11.1 Å². The monoisotopic (exact) mass is 457 g/mol. The number of aromatic nitrogens is 3. The molecule has 0 saturated heterocycles. The van der Waals surface area contributed by atoms with Crippen molar-refractivity contribution >= 4 is 28.4 Å². The summed E-state index contributed by atoms with van der Waals surface area (Å²) in [5.41, 5.74) is 1.89. The van der Waals surface area contributed by atoms with Gasteiger partial charge in [-0.25, -0.2) is 9.78 Å². The minimum Gasteiger partial charge on any atom is -0.354 e. The van der Waals surface area contributed by atoms with Crippen LogP contribution in [0, 0.1) is 0 Å². The van der Waals surface area contributed by atoms with Crippen LogP contribution in [0.15, 0.2) is 70.4 Å². The number of fused-ring (bicyclic) bond motifs is 1. The van der Waals surface area contributed by atoms with Crippen LogP contribution in [-0.2, 0) is 6.54 Å². The van der Waals surface area contributed by atoms with Crippen molar-refractivity contribution in [3.05, 3.63) is 92.9 Å². The van der Waals surface area contributed by atoms with Gasteiger partial charge in [0.1, 0.15) is 0 Å². The summed E-state index contributed by atoms with van der Waals surface area (Å²) in [5.74, 6) is -0.815. The van der Waals surface area contributed by atoms with Gasteiger partial charge in [0.25, 0.3) is 17.4 Å². The van der Waals surface area contributed by atoms with Crippen LogP contribution in [0.25, 0.3) is 22.0 Å². The highest BCUT2D eigenvalue weighted by molar-refractivity contribution is 6.08. The van der Waals surface area contributed by atoms with E-state index in [1.165, 1.54) is 17.8 Å². The molecule has 34 heavy (non-hydrogen) atoms. The fourth-order valence-electron chi connectivity index (χ4n) is 3.70. The molecule has 0 aliphatic heterocycles. The van der Waals surface area contributed by atoms with Crippen LogP contribution in [0.2, 0.25) is 0 Å². The van der Waals surface area contributed by atoms with Crippen molar-refractivity contribution in [2.45, 2.75) is 19.9 Å². The highest BCUT2D eigenvalue weighted by Crippen LogP contribution is 2.24. The number of amides is 2. The van der Waals surface area contributed by atoms with Crippen molar-refractivity contribution in [1.29, 1.82) is 0 Å². The number of rotatable bonds is 6. The van der Waals surface area contributed by atoms with E-state index in [2.05, 4.69) is 20.6 Å². The second-order valence-electron chi connectivity index (χ2n) is 7.66. The first kappa shape index (κ1) is 22.7. The molecule has 2 aromatic heterocycles. The normalized spacial score (nSPS) is 10.8. The molecular formula is C25H23N5O4. The maximum Gasteiger partial charge on any atom is 0.328 e. The summed E-state index contributed by atoms with van der Waals surface area (Å²) in [6.07, 6.45) is 2.15. The Morgan fingerprint density at radius 1 is 1.00 bits per heavy atom. The Morgan fingerprint density at radius 2 is 1.79 bits per heavy atom. The highest BCUT2D eigenvalue weighted by atomic mass is 16.2. The third-order valence-electron chi connectivity index (χ3n) is 5.39. The molecule has 9 heteroatoms. The number of carbonyl (C=O) groups is 2. The van der Waals surface area contributed by atoms with E-state index in [9.17, 15) is 19.2 Å². The molecule has 3 N–H and O–H groups in total. The van der Waals surface area contributed by atoms with Gasteiger partial charge in [0.05, 0.1) is 16.6 Å². The zero-order chi connectivity index (χ0) is 24.2. The summed E-state index contributed by atoms with van der Waals surface area (Å²) in [5, 5.41) is 5.65. The summed E-state index contributed by atoms with van der Waals surface area (Å²) in [7, 11) is 1.49. The third-order valence-corrected chi connectivity index (χ3v) is 5.39. The number of benzene rings is 2. The molecule has 0 aliphatic rings. The molecule has 172 valence electrons. The van der Waals surface area contributed by atoms with Gasteiger partial charge in [-0.3, -0.25) is 19.0 Å². The van der Waals surface area contributed by atoms with Crippen LogP contribution in [0.4, 0.5) is 5.69 Å². The number of hydrogen-bond donors (Lipinski definition) is 3. The van der Waals surface area contributed by atoms with E-state index >= 15 is 0 Å². The van der Waals surface area contributed by atoms with Crippen molar-refractivity contribution < 1.29 is 9.59 Å². The number of H-pyrrole nitrogens is 1. The first-order valence-corrected chi connectivity index (χ1v) is 10.8. The van der Waals surface area contributed by atoms with E-state index in [0.717, 1.165) is 11.1 Å². The van der Waals surface area contributed by atoms with E-state index in [1.54, 1.807) is 48.5 Å². The Labute approximate surface area is 194 Å². The predicted molar refractivity (Wildman–Crippen MR) is 130 cm³/mol. The average molecular weight is 457 g/mol. The van der Waals surface area contributed by atoms with E-state index in [0.29, 0.717) is 35.1 Å². The van der Waals surface area contributed by atoms with Gasteiger partial charge in [-0.15, -0.1) is 0 Å². The standard InChI is InChI=1S/C25H23N5O4/c1-3-12-30-24(33)18-10-9-16(14-20(18)29-25(30)34)15-6-4-7-17(13-15)22(31)28-19-8-5-11-27-21(19)23(32)26-2/h4-11,13-14H,3,12H2,1-2H3,(H,26,32)(H,28,31)(H,29,34). The fraction of sp³-hybridized carbons (Fsp3) is 0.160. The Balaban J connectivity index is 1.67. The number of carbonyl (C=O) groups excluding carboxylic acids is 2. The lowest BCUT2D eigenvalue weighted by Crippen LogP contribution is -2.34. The van der Waals surface area contributed by atoms with Gasteiger partial charge in [0, 0.05) is 25.4 Å². The molecule has 4 aromatic rings. The Kier molecular flexibility index (Phi) is 6.35. The van der Waals surface area contributed by atoms with E-state index in [-0.39, 0.29) is 11.3 Å². The van der Waals surface area contributed by atoms with Crippen molar-refractivity contribution in [2.75, 3.05) is 12.4 Å². The fourth-order valence-corrected chi connectivity index (χ4v) is 3.70. The van der Waals surface area contributed by atoms with Crippen LogP contribution >= 0.6 is 0 Å². The molecular weight excluding hydrogens is 434 g/mol. The lowest BCUT2D eigenvalue weighted by molar-refractivity contribution is 0.0959. The van der Waals surface area contributed by atoms with Crippen LogP contribution in [0.5, 0.6) is 0 Å². The lowest BCUT2D eigenvalue weighted by Gasteiger charge is -2.11. The van der Waals surface area contributed by atoms with Crippen molar-refractivity contribution in [2.24, 2.45) is 0 Å². The molecule has 0 saturated carbocycles.